The number of hydrogen-bond donors (Lipinski definition) is 1. The van der Waals surface area contributed by atoms with Gasteiger partial charge in [-0.1, -0.05) is 32.0 Å². The van der Waals surface area contributed by atoms with Crippen molar-refractivity contribution in [2.45, 2.75) is 25.2 Å². The van der Waals surface area contributed by atoms with Gasteiger partial charge in [-0.05, 0) is 30.3 Å². The van der Waals surface area contributed by atoms with Crippen LogP contribution < -0.4 is 5.32 Å². The second kappa shape index (κ2) is 8.76. The van der Waals surface area contributed by atoms with Crippen LogP contribution in [0, 0.1) is 0 Å². The molecule has 9 heteroatoms. The van der Waals surface area contributed by atoms with Crippen molar-refractivity contribution in [3.63, 3.8) is 0 Å². The Morgan fingerprint density at radius 1 is 0.967 bits per heavy atom. The molecule has 0 radical (unpaired) electrons. The quantitative estimate of drug-likeness (QED) is 0.649. The van der Waals surface area contributed by atoms with Crippen molar-refractivity contribution in [1.82, 2.24) is 9.21 Å². The summed E-state index contributed by atoms with van der Waals surface area (Å²) in [6.45, 7) is 4.14. The predicted octanol–water partition coefficient (Wildman–Crippen LogP) is 2.34. The molecule has 0 unspecified atom stereocenters. The number of nitrogens with zero attached hydrogens (tertiary/aromatic N) is 2. The molecular weight excluding hydrogens is 406 g/mol. The molecule has 1 N–H and O–H groups in total. The van der Waals surface area contributed by atoms with Gasteiger partial charge in [-0.15, -0.1) is 0 Å². The van der Waals surface area contributed by atoms with Crippen LogP contribution in [0.4, 0.5) is 5.69 Å². The molecule has 0 aliphatic carbocycles. The highest BCUT2D eigenvalue weighted by molar-refractivity contribution is 7.89. The molecule has 2 aromatic rings. The molecule has 1 heterocycles. The fraction of sp³-hybridized carbons (Fsp3) is 0.286. The number of amides is 3. The molecule has 30 heavy (non-hydrogen) atoms. The third-order valence-electron chi connectivity index (χ3n) is 4.90. The summed E-state index contributed by atoms with van der Waals surface area (Å²) >= 11 is 0. The Hall–Kier alpha value is -3.04. The van der Waals surface area contributed by atoms with Crippen molar-refractivity contribution in [3.8, 4) is 0 Å². The fourth-order valence-electron chi connectivity index (χ4n) is 3.33. The Morgan fingerprint density at radius 3 is 2.13 bits per heavy atom. The number of hydrogen-bond acceptors (Lipinski definition) is 5. The molecule has 0 atom stereocenters. The lowest BCUT2D eigenvalue weighted by molar-refractivity contribution is -0.116. The highest BCUT2D eigenvalue weighted by Gasteiger charge is 2.35. The van der Waals surface area contributed by atoms with Gasteiger partial charge < -0.3 is 5.32 Å². The molecule has 0 bridgehead atoms. The smallest absolute Gasteiger partial charge is 0.261 e. The number of anilines is 1. The first kappa shape index (κ1) is 21.7. The minimum atomic E-state index is -3.65. The summed E-state index contributed by atoms with van der Waals surface area (Å²) in [4.78, 5) is 38.2. The number of imide groups is 1. The summed E-state index contributed by atoms with van der Waals surface area (Å²) in [7, 11) is -3.65. The molecule has 8 nitrogen and oxygen atoms in total. The Morgan fingerprint density at radius 2 is 1.57 bits per heavy atom. The first-order chi connectivity index (χ1) is 14.3. The normalized spacial score (nSPS) is 13.6. The molecule has 0 aromatic heterocycles. The average molecular weight is 429 g/mol. The number of carbonyl (C=O) groups is 3. The van der Waals surface area contributed by atoms with Gasteiger partial charge in [-0.25, -0.2) is 8.42 Å². The zero-order valence-electron chi connectivity index (χ0n) is 16.8. The van der Waals surface area contributed by atoms with E-state index in [1.807, 2.05) is 0 Å². The monoisotopic (exact) mass is 429 g/mol. The van der Waals surface area contributed by atoms with Crippen molar-refractivity contribution < 1.29 is 22.8 Å². The van der Waals surface area contributed by atoms with Crippen LogP contribution in [0.15, 0.2) is 53.4 Å². The lowest BCUT2D eigenvalue weighted by Gasteiger charge is -2.19. The van der Waals surface area contributed by atoms with Crippen LogP contribution in [0.3, 0.4) is 0 Å². The van der Waals surface area contributed by atoms with E-state index in [1.54, 1.807) is 50.2 Å². The molecule has 3 amide bonds. The molecule has 0 saturated carbocycles. The van der Waals surface area contributed by atoms with Crippen LogP contribution in [0.25, 0.3) is 0 Å². The maximum Gasteiger partial charge on any atom is 0.261 e. The van der Waals surface area contributed by atoms with E-state index in [0.29, 0.717) is 29.9 Å². The number of benzene rings is 2. The van der Waals surface area contributed by atoms with E-state index in [4.69, 9.17) is 0 Å². The predicted molar refractivity (Wildman–Crippen MR) is 112 cm³/mol. The molecule has 3 rings (SSSR count). The first-order valence-corrected chi connectivity index (χ1v) is 11.1. The van der Waals surface area contributed by atoms with Gasteiger partial charge in [-0.3, -0.25) is 19.3 Å². The summed E-state index contributed by atoms with van der Waals surface area (Å²) in [5.41, 5.74) is 0.991. The fourth-order valence-corrected chi connectivity index (χ4v) is 4.83. The highest BCUT2D eigenvalue weighted by atomic mass is 32.2. The van der Waals surface area contributed by atoms with Crippen molar-refractivity contribution in [2.75, 3.05) is 25.0 Å². The van der Waals surface area contributed by atoms with Crippen molar-refractivity contribution in [3.05, 3.63) is 59.7 Å². The molecule has 0 saturated heterocycles. The van der Waals surface area contributed by atoms with Gasteiger partial charge in [0, 0.05) is 31.7 Å². The van der Waals surface area contributed by atoms with Crippen LogP contribution in [-0.2, 0) is 14.8 Å². The molecule has 158 valence electrons. The number of nitrogens with one attached hydrogen (secondary N) is 1. The van der Waals surface area contributed by atoms with Gasteiger partial charge >= 0.3 is 0 Å². The SMILES string of the molecule is CCN(CC)S(=O)(=O)c1cccc(NC(=O)CCN2C(=O)c3ccccc3C2=O)c1. The number of rotatable bonds is 8. The van der Waals surface area contributed by atoms with Crippen molar-refractivity contribution >= 4 is 33.4 Å². The Bertz CT molecular complexity index is 1060. The van der Waals surface area contributed by atoms with Gasteiger partial charge in [0.2, 0.25) is 15.9 Å². The second-order valence-electron chi connectivity index (χ2n) is 6.72. The molecule has 1 aliphatic heterocycles. The van der Waals surface area contributed by atoms with Gasteiger partial charge in [-0.2, -0.15) is 4.31 Å². The van der Waals surface area contributed by atoms with E-state index in [2.05, 4.69) is 5.32 Å². The molecule has 0 spiro atoms. The van der Waals surface area contributed by atoms with Crippen LogP contribution in [0.5, 0.6) is 0 Å². The van der Waals surface area contributed by atoms with Gasteiger partial charge in [0.25, 0.3) is 11.8 Å². The van der Waals surface area contributed by atoms with E-state index in [-0.39, 0.29) is 17.9 Å². The average Bonchev–Trinajstić information content (AvgIpc) is 2.98. The third kappa shape index (κ3) is 4.12. The summed E-state index contributed by atoms with van der Waals surface area (Å²) in [5.74, 6) is -1.27. The first-order valence-electron chi connectivity index (χ1n) is 9.64. The highest BCUT2D eigenvalue weighted by Crippen LogP contribution is 2.23. The molecule has 0 fully saturated rings. The zero-order valence-corrected chi connectivity index (χ0v) is 17.6. The van der Waals surface area contributed by atoms with E-state index in [1.165, 1.54) is 16.4 Å². The van der Waals surface area contributed by atoms with Crippen LogP contribution in [0.2, 0.25) is 0 Å². The Kier molecular flexibility index (Phi) is 6.33. The van der Waals surface area contributed by atoms with Gasteiger partial charge in [0.05, 0.1) is 16.0 Å². The zero-order chi connectivity index (χ0) is 21.9. The maximum atomic E-state index is 12.6. The van der Waals surface area contributed by atoms with E-state index in [9.17, 15) is 22.8 Å². The molecular formula is C21H23N3O5S. The lowest BCUT2D eigenvalue weighted by atomic mass is 10.1. The summed E-state index contributed by atoms with van der Waals surface area (Å²) in [5, 5.41) is 2.63. The topological polar surface area (TPSA) is 104 Å². The summed E-state index contributed by atoms with van der Waals surface area (Å²) in [6, 6.07) is 12.5. The number of fused-ring (bicyclic) bond motifs is 1. The van der Waals surface area contributed by atoms with Gasteiger partial charge in [0.1, 0.15) is 0 Å². The van der Waals surface area contributed by atoms with Crippen molar-refractivity contribution in [2.24, 2.45) is 0 Å². The van der Waals surface area contributed by atoms with Crippen molar-refractivity contribution in [1.29, 1.82) is 0 Å². The van der Waals surface area contributed by atoms with Gasteiger partial charge in [0.15, 0.2) is 0 Å². The van der Waals surface area contributed by atoms with Crippen LogP contribution >= 0.6 is 0 Å². The minimum absolute atomic E-state index is 0.0599. The Labute approximate surface area is 175 Å². The minimum Gasteiger partial charge on any atom is -0.326 e. The maximum absolute atomic E-state index is 12.6. The molecule has 2 aromatic carbocycles. The Balaban J connectivity index is 1.65. The third-order valence-corrected chi connectivity index (χ3v) is 6.95. The van der Waals surface area contributed by atoms with Crippen LogP contribution in [0.1, 0.15) is 41.0 Å². The number of carbonyl (C=O) groups excluding carboxylic acids is 3. The number of sulfonamides is 1. The second-order valence-corrected chi connectivity index (χ2v) is 8.66. The van der Waals surface area contributed by atoms with E-state index >= 15 is 0 Å². The largest absolute Gasteiger partial charge is 0.326 e. The molecule has 1 aliphatic rings. The lowest BCUT2D eigenvalue weighted by Crippen LogP contribution is -2.33. The van der Waals surface area contributed by atoms with E-state index in [0.717, 1.165) is 4.90 Å². The van der Waals surface area contributed by atoms with E-state index < -0.39 is 27.7 Å². The van der Waals surface area contributed by atoms with Crippen LogP contribution in [-0.4, -0.2) is 55.0 Å². The summed E-state index contributed by atoms with van der Waals surface area (Å²) < 4.78 is 26.6. The standard InChI is InChI=1S/C21H23N3O5S/c1-3-23(4-2)30(28,29)16-9-7-8-15(14-16)22-19(25)12-13-24-20(26)17-10-5-6-11-18(17)21(24)27/h5-11,14H,3-4,12-13H2,1-2H3,(H,22,25). The summed E-state index contributed by atoms with van der Waals surface area (Å²) in [6.07, 6.45) is -0.0987.